The van der Waals surface area contributed by atoms with Crippen LogP contribution in [0.15, 0.2) is 36.4 Å². The monoisotopic (exact) mass is 472 g/mol. The molecule has 7 nitrogen and oxygen atoms in total. The Bertz CT molecular complexity index is 1150. The molecule has 0 bridgehead atoms. The first-order valence-corrected chi connectivity index (χ1v) is 11.2. The number of halogens is 1. The van der Waals surface area contributed by atoms with Crippen molar-refractivity contribution in [2.24, 2.45) is 0 Å². The Morgan fingerprint density at radius 1 is 1.12 bits per heavy atom. The summed E-state index contributed by atoms with van der Waals surface area (Å²) in [4.78, 5) is 15.6. The summed E-state index contributed by atoms with van der Waals surface area (Å²) in [5, 5.41) is 13.1. The van der Waals surface area contributed by atoms with Crippen LogP contribution in [-0.4, -0.2) is 55.1 Å². The van der Waals surface area contributed by atoms with Gasteiger partial charge in [-0.3, -0.25) is 4.79 Å². The molecule has 0 radical (unpaired) electrons. The lowest BCUT2D eigenvalue weighted by molar-refractivity contribution is -0.123. The number of H-pyrrole nitrogens is 1. The molecule has 1 amide bonds. The summed E-state index contributed by atoms with van der Waals surface area (Å²) in [6.07, 6.45) is -1.57. The average Bonchev–Trinajstić information content (AvgIpc) is 3.19. The number of alkyl halides is 1. The van der Waals surface area contributed by atoms with Crippen molar-refractivity contribution in [1.29, 1.82) is 0 Å². The summed E-state index contributed by atoms with van der Waals surface area (Å²) in [5.74, 6) is 1.57. The molecule has 34 heavy (non-hydrogen) atoms. The molecule has 1 aromatic heterocycles. The Morgan fingerprint density at radius 3 is 2.44 bits per heavy atom. The molecule has 3 aromatic rings. The van der Waals surface area contributed by atoms with Gasteiger partial charge in [-0.15, -0.1) is 0 Å². The molecular weight excluding hydrogens is 439 g/mol. The van der Waals surface area contributed by atoms with Crippen LogP contribution in [0.2, 0.25) is 0 Å². The zero-order valence-corrected chi connectivity index (χ0v) is 20.5. The van der Waals surface area contributed by atoms with Crippen LogP contribution in [0.4, 0.5) is 4.39 Å². The van der Waals surface area contributed by atoms with E-state index in [4.69, 9.17) is 14.2 Å². The van der Waals surface area contributed by atoms with Crippen molar-refractivity contribution in [3.05, 3.63) is 42.0 Å². The van der Waals surface area contributed by atoms with Gasteiger partial charge in [0, 0.05) is 16.5 Å². The summed E-state index contributed by atoms with van der Waals surface area (Å²) in [7, 11) is 3.21. The van der Waals surface area contributed by atoms with Gasteiger partial charge in [-0.05, 0) is 61.7 Å². The molecular formula is C26H33FN2O5. The number of hydrogen-bond donors (Lipinski definition) is 3. The van der Waals surface area contributed by atoms with Gasteiger partial charge in [0.2, 0.25) is 0 Å². The lowest BCUT2D eigenvalue weighted by atomic mass is 9.96. The van der Waals surface area contributed by atoms with Crippen LogP contribution in [0, 0.1) is 0 Å². The highest BCUT2D eigenvalue weighted by Gasteiger charge is 2.26. The minimum absolute atomic E-state index is 0.207. The molecule has 1 unspecified atom stereocenters. The van der Waals surface area contributed by atoms with Crippen molar-refractivity contribution in [2.75, 3.05) is 27.4 Å². The Labute approximate surface area is 199 Å². The Kier molecular flexibility index (Phi) is 7.71. The van der Waals surface area contributed by atoms with Gasteiger partial charge < -0.3 is 29.6 Å². The summed E-state index contributed by atoms with van der Waals surface area (Å²) in [5.41, 5.74) is 2.47. The lowest BCUT2D eigenvalue weighted by Crippen LogP contribution is -2.43. The minimum Gasteiger partial charge on any atom is -0.493 e. The number of carbonyl (C=O) groups is 1. The topological polar surface area (TPSA) is 92.8 Å². The van der Waals surface area contributed by atoms with Crippen LogP contribution in [-0.2, 0) is 4.79 Å². The van der Waals surface area contributed by atoms with Crippen molar-refractivity contribution in [3.63, 3.8) is 0 Å². The summed E-state index contributed by atoms with van der Waals surface area (Å²) in [6.45, 7) is 6.40. The molecule has 0 saturated heterocycles. The number of nitrogens with one attached hydrogen (secondary N) is 2. The number of rotatable bonds is 10. The quantitative estimate of drug-likeness (QED) is 0.402. The Hall–Kier alpha value is -3.26. The smallest absolute Gasteiger partial charge is 0.258 e. The molecule has 3 N–H and O–H groups in total. The predicted octanol–water partition coefficient (Wildman–Crippen LogP) is 4.58. The number of aromatic amines is 1. The molecule has 3 rings (SSSR count). The number of carbonyl (C=O) groups excluding carboxylic acids is 1. The van der Waals surface area contributed by atoms with Crippen molar-refractivity contribution < 1.29 is 28.5 Å². The molecule has 184 valence electrons. The molecule has 0 fully saturated rings. The van der Waals surface area contributed by atoms with E-state index in [2.05, 4.69) is 24.1 Å². The molecule has 8 heteroatoms. The lowest BCUT2D eigenvalue weighted by Gasteiger charge is -2.22. The number of hydrogen-bond acceptors (Lipinski definition) is 5. The average molecular weight is 473 g/mol. The molecule has 0 aliphatic rings. The van der Waals surface area contributed by atoms with E-state index < -0.39 is 17.7 Å². The predicted molar refractivity (Wildman–Crippen MR) is 131 cm³/mol. The molecule has 1 atom stereocenters. The van der Waals surface area contributed by atoms with Crippen molar-refractivity contribution in [2.45, 2.75) is 45.4 Å². The third-order valence-corrected chi connectivity index (χ3v) is 5.67. The van der Waals surface area contributed by atoms with Gasteiger partial charge in [-0.2, -0.15) is 0 Å². The number of fused-ring (bicyclic) bond motifs is 1. The Balaban J connectivity index is 1.83. The molecule has 0 aliphatic heterocycles. The van der Waals surface area contributed by atoms with Gasteiger partial charge >= 0.3 is 0 Å². The Morgan fingerprint density at radius 2 is 1.82 bits per heavy atom. The van der Waals surface area contributed by atoms with E-state index in [1.807, 2.05) is 30.3 Å². The first-order valence-electron chi connectivity index (χ1n) is 11.2. The maximum atomic E-state index is 13.8. The maximum Gasteiger partial charge on any atom is 0.258 e. The van der Waals surface area contributed by atoms with E-state index in [1.54, 1.807) is 20.3 Å². The van der Waals surface area contributed by atoms with E-state index in [-0.39, 0.29) is 19.1 Å². The minimum atomic E-state index is -1.57. The van der Waals surface area contributed by atoms with Gasteiger partial charge in [0.1, 0.15) is 11.9 Å². The van der Waals surface area contributed by atoms with Gasteiger partial charge in [0.25, 0.3) is 5.91 Å². The van der Waals surface area contributed by atoms with Crippen LogP contribution < -0.4 is 19.5 Å². The summed E-state index contributed by atoms with van der Waals surface area (Å²) in [6, 6.07) is 11.4. The first-order chi connectivity index (χ1) is 16.0. The molecule has 0 aliphatic carbocycles. The van der Waals surface area contributed by atoms with Gasteiger partial charge in [-0.25, -0.2) is 4.39 Å². The van der Waals surface area contributed by atoms with E-state index >= 15 is 0 Å². The highest BCUT2D eigenvalue weighted by molar-refractivity contribution is 5.92. The molecule has 0 spiro atoms. The van der Waals surface area contributed by atoms with Crippen molar-refractivity contribution in [3.8, 4) is 28.5 Å². The number of amides is 1. The summed E-state index contributed by atoms with van der Waals surface area (Å²) < 4.78 is 30.3. The number of benzene rings is 2. The fourth-order valence-electron chi connectivity index (χ4n) is 3.75. The molecule has 2 aromatic carbocycles. The fourth-order valence-corrected chi connectivity index (χ4v) is 3.75. The highest BCUT2D eigenvalue weighted by atomic mass is 19.1. The molecule has 0 saturated carbocycles. The second-order valence-electron chi connectivity index (χ2n) is 9.06. The largest absolute Gasteiger partial charge is 0.493 e. The van der Waals surface area contributed by atoms with Gasteiger partial charge in [0.15, 0.2) is 18.1 Å². The van der Waals surface area contributed by atoms with E-state index in [0.717, 1.165) is 27.7 Å². The second kappa shape index (κ2) is 10.3. The SMILES string of the molecule is COc1ccc(-c2[nH]c3ccc(OCC(=O)NCC(F)C(C)(C)O)cc3c2C(C)C)cc1OC. The van der Waals surface area contributed by atoms with Gasteiger partial charge in [-0.1, -0.05) is 13.8 Å². The number of aromatic nitrogens is 1. The third kappa shape index (κ3) is 5.62. The van der Waals surface area contributed by atoms with Crippen molar-refractivity contribution in [1.82, 2.24) is 10.3 Å². The number of methoxy groups -OCH3 is 2. The number of ether oxygens (including phenoxy) is 3. The summed E-state index contributed by atoms with van der Waals surface area (Å²) >= 11 is 0. The first kappa shape index (κ1) is 25.4. The second-order valence-corrected chi connectivity index (χ2v) is 9.06. The van der Waals surface area contributed by atoms with Crippen LogP contribution in [0.5, 0.6) is 17.2 Å². The zero-order valence-electron chi connectivity index (χ0n) is 20.5. The fraction of sp³-hybridized carbons (Fsp3) is 0.423. The van der Waals surface area contributed by atoms with E-state index in [0.29, 0.717) is 17.2 Å². The van der Waals surface area contributed by atoms with Gasteiger partial charge in [0.05, 0.1) is 32.1 Å². The van der Waals surface area contributed by atoms with Crippen LogP contribution >= 0.6 is 0 Å². The van der Waals surface area contributed by atoms with E-state index in [1.165, 1.54) is 13.8 Å². The van der Waals surface area contributed by atoms with Crippen LogP contribution in [0.1, 0.15) is 39.2 Å². The zero-order chi connectivity index (χ0) is 25.0. The van der Waals surface area contributed by atoms with Crippen molar-refractivity contribution >= 4 is 16.8 Å². The van der Waals surface area contributed by atoms with E-state index in [9.17, 15) is 14.3 Å². The maximum absolute atomic E-state index is 13.8. The molecule has 1 heterocycles. The normalized spacial score (nSPS) is 12.6. The van der Waals surface area contributed by atoms with Crippen LogP contribution in [0.3, 0.4) is 0 Å². The third-order valence-electron chi connectivity index (χ3n) is 5.67. The number of aliphatic hydroxyl groups is 1. The van der Waals surface area contributed by atoms with Crippen LogP contribution in [0.25, 0.3) is 22.2 Å². The standard InChI is InChI=1S/C26H33FN2O5/c1-15(2)24-18-12-17(34-14-23(30)28-13-22(27)26(3,4)31)8-9-19(18)29-25(24)16-7-10-20(32-5)21(11-16)33-6/h7-12,15,22,29,31H,13-14H2,1-6H3,(H,28,30). The highest BCUT2D eigenvalue weighted by Crippen LogP contribution is 2.39.